The number of nitrogens with one attached hydrogen (secondary N) is 1. The average Bonchev–Trinajstić information content (AvgIpc) is 2.85. The maximum absolute atomic E-state index is 5.34. The van der Waals surface area contributed by atoms with E-state index in [2.05, 4.69) is 34.7 Å². The van der Waals surface area contributed by atoms with Crippen LogP contribution >= 0.6 is 11.3 Å². The lowest BCUT2D eigenvalue weighted by atomic mass is 10.1. The largest absolute Gasteiger partial charge is 0.337 e. The van der Waals surface area contributed by atoms with Gasteiger partial charge in [-0.25, -0.2) is 0 Å². The minimum absolute atomic E-state index is 0.288. The summed E-state index contributed by atoms with van der Waals surface area (Å²) in [7, 11) is 0. The van der Waals surface area contributed by atoms with Gasteiger partial charge in [-0.2, -0.15) is 16.3 Å². The Balaban J connectivity index is 2.31. The highest BCUT2D eigenvalue weighted by Gasteiger charge is 2.26. The SMILES string of the molecule is CCNC(C)(C)c1nc(-c2cscc2C)no1. The second-order valence-corrected chi connectivity index (χ2v) is 5.29. The minimum Gasteiger partial charge on any atom is -0.337 e. The van der Waals surface area contributed by atoms with Crippen molar-refractivity contribution in [1.82, 2.24) is 15.5 Å². The number of rotatable bonds is 4. The fourth-order valence-corrected chi connectivity index (χ4v) is 2.52. The number of aromatic nitrogens is 2. The standard InChI is InChI=1S/C12H17N3OS/c1-5-13-12(3,4)11-14-10(15-16-11)9-7-17-6-8(9)2/h6-7,13H,5H2,1-4H3. The van der Waals surface area contributed by atoms with Gasteiger partial charge in [-0.05, 0) is 38.3 Å². The van der Waals surface area contributed by atoms with Crippen molar-refractivity contribution in [3.63, 3.8) is 0 Å². The van der Waals surface area contributed by atoms with Crippen LogP contribution in [-0.2, 0) is 5.54 Å². The normalized spacial score (nSPS) is 12.0. The monoisotopic (exact) mass is 251 g/mol. The molecule has 4 nitrogen and oxygen atoms in total. The lowest BCUT2D eigenvalue weighted by molar-refractivity contribution is 0.272. The zero-order chi connectivity index (χ0) is 12.5. The van der Waals surface area contributed by atoms with Crippen LogP contribution in [-0.4, -0.2) is 16.7 Å². The minimum atomic E-state index is -0.288. The van der Waals surface area contributed by atoms with Gasteiger partial charge in [0.05, 0.1) is 5.54 Å². The van der Waals surface area contributed by atoms with Gasteiger partial charge in [0.15, 0.2) is 0 Å². The van der Waals surface area contributed by atoms with E-state index in [4.69, 9.17) is 4.52 Å². The number of thiophene rings is 1. The molecule has 0 saturated heterocycles. The Morgan fingerprint density at radius 1 is 1.41 bits per heavy atom. The molecule has 0 bridgehead atoms. The third-order valence-electron chi connectivity index (χ3n) is 2.68. The van der Waals surface area contributed by atoms with E-state index in [1.54, 1.807) is 11.3 Å². The van der Waals surface area contributed by atoms with Gasteiger partial charge in [0.1, 0.15) is 0 Å². The highest BCUT2D eigenvalue weighted by molar-refractivity contribution is 7.08. The molecule has 0 aliphatic heterocycles. The van der Waals surface area contributed by atoms with Crippen LogP contribution in [0.2, 0.25) is 0 Å². The third-order valence-corrected chi connectivity index (χ3v) is 3.54. The maximum atomic E-state index is 5.34. The zero-order valence-corrected chi connectivity index (χ0v) is 11.4. The van der Waals surface area contributed by atoms with Crippen LogP contribution < -0.4 is 5.32 Å². The number of hydrogen-bond acceptors (Lipinski definition) is 5. The van der Waals surface area contributed by atoms with Crippen LogP contribution in [0.4, 0.5) is 0 Å². The molecule has 2 rings (SSSR count). The first-order valence-electron chi connectivity index (χ1n) is 5.67. The molecule has 17 heavy (non-hydrogen) atoms. The van der Waals surface area contributed by atoms with Crippen LogP contribution in [0.15, 0.2) is 15.3 Å². The van der Waals surface area contributed by atoms with Gasteiger partial charge < -0.3 is 9.84 Å². The van der Waals surface area contributed by atoms with E-state index in [9.17, 15) is 0 Å². The quantitative estimate of drug-likeness (QED) is 0.907. The van der Waals surface area contributed by atoms with Crippen LogP contribution in [0.5, 0.6) is 0 Å². The zero-order valence-electron chi connectivity index (χ0n) is 10.6. The van der Waals surface area contributed by atoms with E-state index in [1.165, 1.54) is 5.56 Å². The smallest absolute Gasteiger partial charge is 0.246 e. The second-order valence-electron chi connectivity index (χ2n) is 4.55. The molecular weight excluding hydrogens is 234 g/mol. The van der Waals surface area contributed by atoms with Crippen molar-refractivity contribution in [2.24, 2.45) is 0 Å². The maximum Gasteiger partial charge on any atom is 0.246 e. The highest BCUT2D eigenvalue weighted by Crippen LogP contribution is 2.26. The fourth-order valence-electron chi connectivity index (χ4n) is 1.69. The van der Waals surface area contributed by atoms with Crippen LogP contribution in [0.25, 0.3) is 11.4 Å². The van der Waals surface area contributed by atoms with E-state index in [-0.39, 0.29) is 5.54 Å². The molecule has 5 heteroatoms. The van der Waals surface area contributed by atoms with Gasteiger partial charge in [-0.3, -0.25) is 0 Å². The molecule has 0 aromatic carbocycles. The Morgan fingerprint density at radius 3 is 2.76 bits per heavy atom. The van der Waals surface area contributed by atoms with Crippen LogP contribution in [0.3, 0.4) is 0 Å². The summed E-state index contributed by atoms with van der Waals surface area (Å²) in [4.78, 5) is 4.47. The van der Waals surface area contributed by atoms with Gasteiger partial charge in [0.2, 0.25) is 11.7 Å². The molecule has 0 amide bonds. The van der Waals surface area contributed by atoms with Gasteiger partial charge in [-0.1, -0.05) is 12.1 Å². The summed E-state index contributed by atoms with van der Waals surface area (Å²) >= 11 is 1.65. The summed E-state index contributed by atoms with van der Waals surface area (Å²) in [5.41, 5.74) is 1.95. The Labute approximate surface area is 105 Å². The molecule has 2 aromatic rings. The van der Waals surface area contributed by atoms with Crippen molar-refractivity contribution in [3.8, 4) is 11.4 Å². The second kappa shape index (κ2) is 4.58. The summed E-state index contributed by atoms with van der Waals surface area (Å²) in [6.07, 6.45) is 0. The van der Waals surface area contributed by atoms with Crippen molar-refractivity contribution < 1.29 is 4.52 Å². The van der Waals surface area contributed by atoms with Gasteiger partial charge >= 0.3 is 0 Å². The van der Waals surface area contributed by atoms with Crippen LogP contribution in [0, 0.1) is 6.92 Å². The molecule has 92 valence electrons. The molecule has 0 atom stereocenters. The fraction of sp³-hybridized carbons (Fsp3) is 0.500. The van der Waals surface area contributed by atoms with Crippen molar-refractivity contribution >= 4 is 11.3 Å². The molecule has 0 unspecified atom stereocenters. The number of hydrogen-bond donors (Lipinski definition) is 1. The summed E-state index contributed by atoms with van der Waals surface area (Å²) in [6, 6.07) is 0. The van der Waals surface area contributed by atoms with E-state index in [0.717, 1.165) is 12.1 Å². The first-order valence-corrected chi connectivity index (χ1v) is 6.61. The first kappa shape index (κ1) is 12.3. The predicted octanol–water partition coefficient (Wildman–Crippen LogP) is 2.95. The van der Waals surface area contributed by atoms with Crippen molar-refractivity contribution in [3.05, 3.63) is 22.2 Å². The predicted molar refractivity (Wildman–Crippen MR) is 69.1 cm³/mol. The molecule has 0 radical (unpaired) electrons. The molecule has 0 saturated carbocycles. The molecule has 0 aliphatic rings. The Bertz CT molecular complexity index is 501. The molecule has 0 spiro atoms. The first-order chi connectivity index (χ1) is 8.04. The summed E-state index contributed by atoms with van der Waals surface area (Å²) in [5.74, 6) is 1.30. The molecule has 2 heterocycles. The topological polar surface area (TPSA) is 51.0 Å². The van der Waals surface area contributed by atoms with Gasteiger partial charge in [0.25, 0.3) is 0 Å². The summed E-state index contributed by atoms with van der Waals surface area (Å²) in [6.45, 7) is 9.05. The highest BCUT2D eigenvalue weighted by atomic mass is 32.1. The summed E-state index contributed by atoms with van der Waals surface area (Å²) < 4.78 is 5.34. The molecule has 0 aliphatic carbocycles. The Hall–Kier alpha value is -1.20. The van der Waals surface area contributed by atoms with Crippen molar-refractivity contribution in [2.75, 3.05) is 6.54 Å². The van der Waals surface area contributed by atoms with Crippen LogP contribution in [0.1, 0.15) is 32.2 Å². The summed E-state index contributed by atoms with van der Waals surface area (Å²) in [5, 5.41) is 11.5. The van der Waals surface area contributed by atoms with Gasteiger partial charge in [-0.15, -0.1) is 0 Å². The van der Waals surface area contributed by atoms with Crippen molar-refractivity contribution in [2.45, 2.75) is 33.2 Å². The number of nitrogens with zero attached hydrogens (tertiary/aromatic N) is 2. The van der Waals surface area contributed by atoms with E-state index in [1.807, 2.05) is 19.2 Å². The van der Waals surface area contributed by atoms with Crippen molar-refractivity contribution in [1.29, 1.82) is 0 Å². The molecular formula is C12H17N3OS. The lowest BCUT2D eigenvalue weighted by Crippen LogP contribution is -2.36. The Kier molecular flexibility index (Phi) is 3.31. The van der Waals surface area contributed by atoms with Gasteiger partial charge in [0, 0.05) is 10.9 Å². The van der Waals surface area contributed by atoms with E-state index < -0.39 is 0 Å². The lowest BCUT2D eigenvalue weighted by Gasteiger charge is -2.20. The number of aryl methyl sites for hydroxylation is 1. The molecule has 0 fully saturated rings. The van der Waals surface area contributed by atoms with E-state index in [0.29, 0.717) is 11.7 Å². The average molecular weight is 251 g/mol. The van der Waals surface area contributed by atoms with E-state index >= 15 is 0 Å². The molecule has 2 aromatic heterocycles. The third kappa shape index (κ3) is 2.40. The Morgan fingerprint density at radius 2 is 2.18 bits per heavy atom. The molecule has 1 N–H and O–H groups in total.